The van der Waals surface area contributed by atoms with Crippen LogP contribution in [0.2, 0.25) is 0 Å². The molecule has 2 aromatic heterocycles. The van der Waals surface area contributed by atoms with Crippen LogP contribution in [0.15, 0.2) is 67.1 Å². The lowest BCUT2D eigenvalue weighted by molar-refractivity contribution is 0.185. The van der Waals surface area contributed by atoms with Crippen LogP contribution in [-0.4, -0.2) is 59.2 Å². The Kier molecular flexibility index (Phi) is 19.1. The standard InChI is InChI=1S/C12H17N.C11H16N2.C8H11N.C8H17N.C7H14/c1-10(2)13-9-5-7-11-6-3-4-8-12(11)13;1-9(2)13-8-4-5-10-11(13)6-3-7-12-10;1-7(2)8-3-5-9-6-4-8;1-8(2)9-6-4-3-5-7-9;1-6(2)5-7-3-4-7/h3-4,6,8,10H,5,7,9H2,1-2H3;3,6-7,9H,4-5,8H2,1-2H3;3-7H,1-2H3;8H,3-7H2,1-2H3;6-7H,3-5H2,1-2H3. The van der Waals surface area contributed by atoms with Gasteiger partial charge in [-0.1, -0.05) is 65.2 Å². The van der Waals surface area contributed by atoms with Crippen LogP contribution >= 0.6 is 0 Å². The van der Waals surface area contributed by atoms with E-state index in [4.69, 9.17) is 0 Å². The molecule has 1 aromatic carbocycles. The van der Waals surface area contributed by atoms with Crippen LogP contribution in [0.4, 0.5) is 11.4 Å². The average Bonchev–Trinajstić information content (AvgIpc) is 3.96. The minimum absolute atomic E-state index is 0.586. The molecule has 2 fully saturated rings. The van der Waals surface area contributed by atoms with Crippen LogP contribution in [0, 0.1) is 11.8 Å². The van der Waals surface area contributed by atoms with Crippen molar-refractivity contribution >= 4 is 11.4 Å². The Hall–Kier alpha value is -2.92. The molecular formula is C46H75N5. The molecule has 0 atom stereocenters. The number of rotatable bonds is 6. The lowest BCUT2D eigenvalue weighted by Gasteiger charge is -2.34. The smallest absolute Gasteiger partial charge is 0.0637 e. The number of para-hydroxylation sites is 1. The van der Waals surface area contributed by atoms with Crippen molar-refractivity contribution in [3.63, 3.8) is 0 Å². The maximum atomic E-state index is 4.41. The van der Waals surface area contributed by atoms with E-state index in [1.807, 2.05) is 36.8 Å². The van der Waals surface area contributed by atoms with Crippen LogP contribution < -0.4 is 9.80 Å². The normalized spacial score (nSPS) is 16.9. The van der Waals surface area contributed by atoms with Crippen molar-refractivity contribution < 1.29 is 0 Å². The molecule has 1 saturated carbocycles. The number of hydrogen-bond donors (Lipinski definition) is 0. The van der Waals surface area contributed by atoms with Gasteiger partial charge in [-0.05, 0) is 159 Å². The van der Waals surface area contributed by atoms with E-state index in [9.17, 15) is 0 Å². The van der Waals surface area contributed by atoms with E-state index in [0.29, 0.717) is 18.0 Å². The van der Waals surface area contributed by atoms with Gasteiger partial charge in [-0.3, -0.25) is 9.97 Å². The van der Waals surface area contributed by atoms with Crippen LogP contribution in [0.3, 0.4) is 0 Å². The van der Waals surface area contributed by atoms with Crippen molar-refractivity contribution in [3.8, 4) is 0 Å². The maximum absolute atomic E-state index is 4.41. The second kappa shape index (κ2) is 22.9. The third-order valence-corrected chi connectivity index (χ3v) is 10.4. The zero-order valence-electron chi connectivity index (χ0n) is 34.5. The number of nitrogens with zero attached hydrogens (tertiary/aromatic N) is 5. The van der Waals surface area contributed by atoms with Gasteiger partial charge in [0.2, 0.25) is 0 Å². The number of pyridine rings is 2. The molecular weight excluding hydrogens is 623 g/mol. The first kappa shape index (κ1) is 42.5. The highest BCUT2D eigenvalue weighted by Gasteiger charge is 2.22. The van der Waals surface area contributed by atoms with Gasteiger partial charge in [0.05, 0.1) is 11.4 Å². The van der Waals surface area contributed by atoms with E-state index >= 15 is 0 Å². The number of likely N-dealkylation sites (tertiary alicyclic amines) is 1. The van der Waals surface area contributed by atoms with Gasteiger partial charge in [0, 0.05) is 55.5 Å². The van der Waals surface area contributed by atoms with Gasteiger partial charge in [-0.25, -0.2) is 0 Å². The minimum atomic E-state index is 0.586. The third-order valence-electron chi connectivity index (χ3n) is 10.4. The lowest BCUT2D eigenvalue weighted by atomic mass is 10.0. The Morgan fingerprint density at radius 2 is 1.18 bits per heavy atom. The lowest BCUT2D eigenvalue weighted by Crippen LogP contribution is -2.35. The number of piperidine rings is 1. The average molecular weight is 698 g/mol. The van der Waals surface area contributed by atoms with Gasteiger partial charge in [0.15, 0.2) is 0 Å². The molecule has 3 aromatic rings. The molecule has 0 amide bonds. The second-order valence-corrected chi connectivity index (χ2v) is 16.6. The Bertz CT molecular complexity index is 1260. The van der Waals surface area contributed by atoms with E-state index < -0.39 is 0 Å². The number of benzene rings is 1. The second-order valence-electron chi connectivity index (χ2n) is 16.6. The van der Waals surface area contributed by atoms with Crippen molar-refractivity contribution in [2.45, 2.75) is 157 Å². The topological polar surface area (TPSA) is 35.5 Å². The molecule has 4 aliphatic rings. The molecule has 5 heteroatoms. The first-order chi connectivity index (χ1) is 24.5. The monoisotopic (exact) mass is 698 g/mol. The predicted octanol–water partition coefficient (Wildman–Crippen LogP) is 11.6. The SMILES string of the molecule is CC(C)CC1CC1.CC(C)N1CCCCC1.CC(C)N1CCCc2ccccc21.CC(C)N1CCCc2ncccc21.CC(C)c1ccncc1. The van der Waals surface area contributed by atoms with E-state index in [2.05, 4.69) is 124 Å². The zero-order valence-corrected chi connectivity index (χ0v) is 34.5. The van der Waals surface area contributed by atoms with Gasteiger partial charge in [-0.2, -0.15) is 0 Å². The van der Waals surface area contributed by atoms with Gasteiger partial charge < -0.3 is 14.7 Å². The number of fused-ring (bicyclic) bond motifs is 2. The van der Waals surface area contributed by atoms with E-state index in [1.54, 1.807) is 0 Å². The molecule has 0 N–H and O–H groups in total. The zero-order chi connectivity index (χ0) is 37.2. The fourth-order valence-electron chi connectivity index (χ4n) is 7.26. The van der Waals surface area contributed by atoms with Crippen molar-refractivity contribution in [1.29, 1.82) is 0 Å². The summed E-state index contributed by atoms with van der Waals surface area (Å²) in [5.74, 6) is 2.68. The summed E-state index contributed by atoms with van der Waals surface area (Å²) in [7, 11) is 0. The summed E-state index contributed by atoms with van der Waals surface area (Å²) in [5, 5.41) is 0. The number of aromatic nitrogens is 2. The summed E-state index contributed by atoms with van der Waals surface area (Å²) in [6.07, 6.45) is 19.2. The van der Waals surface area contributed by atoms with Crippen LogP contribution in [-0.2, 0) is 12.8 Å². The summed E-state index contributed by atoms with van der Waals surface area (Å²) in [4.78, 5) is 15.8. The third kappa shape index (κ3) is 15.7. The fourth-order valence-corrected chi connectivity index (χ4v) is 7.26. The molecule has 0 radical (unpaired) electrons. The summed E-state index contributed by atoms with van der Waals surface area (Å²) >= 11 is 0. The Balaban J connectivity index is 0.000000175. The number of aryl methyl sites for hydroxylation is 2. The van der Waals surface area contributed by atoms with Crippen molar-refractivity contribution in [2.75, 3.05) is 36.0 Å². The maximum Gasteiger partial charge on any atom is 0.0637 e. The quantitative estimate of drug-likeness (QED) is 0.256. The first-order valence-corrected chi connectivity index (χ1v) is 20.7. The van der Waals surface area contributed by atoms with E-state index in [1.165, 1.54) is 112 Å². The number of anilines is 2. The first-order valence-electron chi connectivity index (χ1n) is 20.7. The van der Waals surface area contributed by atoms with Crippen molar-refractivity contribution in [1.82, 2.24) is 14.9 Å². The Labute approximate surface area is 314 Å². The molecule has 284 valence electrons. The molecule has 5 heterocycles. The highest BCUT2D eigenvalue weighted by Crippen LogP contribution is 2.35. The molecule has 51 heavy (non-hydrogen) atoms. The van der Waals surface area contributed by atoms with E-state index in [-0.39, 0.29) is 0 Å². The van der Waals surface area contributed by atoms with Gasteiger partial charge >= 0.3 is 0 Å². The molecule has 0 unspecified atom stereocenters. The molecule has 1 saturated heterocycles. The minimum Gasteiger partial charge on any atom is -0.369 e. The Morgan fingerprint density at radius 1 is 0.588 bits per heavy atom. The van der Waals surface area contributed by atoms with Gasteiger partial charge in [0.1, 0.15) is 0 Å². The number of hydrogen-bond acceptors (Lipinski definition) is 5. The predicted molar refractivity (Wildman–Crippen MR) is 223 cm³/mol. The summed E-state index contributed by atoms with van der Waals surface area (Å²) in [5.41, 5.74) is 6.92. The summed E-state index contributed by atoms with van der Waals surface area (Å²) in [6, 6.07) is 19.1. The van der Waals surface area contributed by atoms with Gasteiger partial charge in [-0.15, -0.1) is 0 Å². The van der Waals surface area contributed by atoms with E-state index in [0.717, 1.165) is 24.3 Å². The highest BCUT2D eigenvalue weighted by atomic mass is 15.2. The summed E-state index contributed by atoms with van der Waals surface area (Å²) < 4.78 is 0. The molecule has 1 aliphatic carbocycles. The highest BCUT2D eigenvalue weighted by molar-refractivity contribution is 5.56. The molecule has 3 aliphatic heterocycles. The van der Waals surface area contributed by atoms with Crippen molar-refractivity contribution in [2.24, 2.45) is 11.8 Å². The van der Waals surface area contributed by atoms with Crippen LogP contribution in [0.5, 0.6) is 0 Å². The molecule has 0 bridgehead atoms. The Morgan fingerprint density at radius 3 is 1.69 bits per heavy atom. The molecule has 0 spiro atoms. The molecule has 7 rings (SSSR count). The van der Waals surface area contributed by atoms with Crippen LogP contribution in [0.25, 0.3) is 0 Å². The van der Waals surface area contributed by atoms with Crippen LogP contribution in [0.1, 0.15) is 143 Å². The van der Waals surface area contributed by atoms with Gasteiger partial charge in [0.25, 0.3) is 0 Å². The fraction of sp³-hybridized carbons (Fsp3) is 0.652. The van der Waals surface area contributed by atoms with Crippen molar-refractivity contribution in [3.05, 3.63) is 83.9 Å². The summed E-state index contributed by atoms with van der Waals surface area (Å²) in [6.45, 7) is 27.6. The molecule has 5 nitrogen and oxygen atoms in total. The largest absolute Gasteiger partial charge is 0.369 e.